The van der Waals surface area contributed by atoms with Crippen molar-refractivity contribution >= 4 is 5.91 Å². The second-order valence-corrected chi connectivity index (χ2v) is 4.22. The van der Waals surface area contributed by atoms with Crippen molar-refractivity contribution in [3.05, 3.63) is 60.0 Å². The Hall–Kier alpha value is -2.01. The molecular weight excluding hydrogens is 252 g/mol. The summed E-state index contributed by atoms with van der Waals surface area (Å²) >= 11 is 0. The molecule has 0 bridgehead atoms. The summed E-state index contributed by atoms with van der Waals surface area (Å²) in [7, 11) is 0. The van der Waals surface area contributed by atoms with Crippen LogP contribution in [0.5, 0.6) is 0 Å². The normalized spacial score (nSPS) is 26.0. The van der Waals surface area contributed by atoms with Crippen LogP contribution in [-0.4, -0.2) is 11.8 Å². The van der Waals surface area contributed by atoms with Crippen LogP contribution in [-0.2, 0) is 16.1 Å². The van der Waals surface area contributed by atoms with E-state index in [1.54, 1.807) is 24.3 Å². The minimum atomic E-state index is -2.56. The maximum Gasteiger partial charge on any atom is 0.247 e. The number of hydrogen-bond donors (Lipinski definition) is 1. The van der Waals surface area contributed by atoms with Gasteiger partial charge in [0.2, 0.25) is 11.8 Å². The average molecular weight is 265 g/mol. The number of carbonyl (C=O) groups excluding carboxylic acids is 1. The van der Waals surface area contributed by atoms with E-state index in [1.807, 2.05) is 6.07 Å². The zero-order valence-electron chi connectivity index (χ0n) is 10.1. The summed E-state index contributed by atoms with van der Waals surface area (Å²) in [5.74, 6) is -6.35. The van der Waals surface area contributed by atoms with Crippen LogP contribution in [0.15, 0.2) is 54.4 Å². The lowest BCUT2D eigenvalue weighted by molar-refractivity contribution is -0.163. The lowest BCUT2D eigenvalue weighted by Gasteiger charge is -2.30. The quantitative estimate of drug-likeness (QED) is 0.908. The smallest absolute Gasteiger partial charge is 0.247 e. The maximum absolute atomic E-state index is 14.5. The zero-order chi connectivity index (χ0) is 13.9. The predicted octanol–water partition coefficient (Wildman–Crippen LogP) is 2.39. The molecule has 2 rings (SSSR count). The van der Waals surface area contributed by atoms with E-state index in [1.165, 1.54) is 6.08 Å². The van der Waals surface area contributed by atoms with E-state index >= 15 is 0 Å². The van der Waals surface area contributed by atoms with Gasteiger partial charge in [-0.25, -0.2) is 8.78 Å². The number of hydrogen-bond acceptors (Lipinski definition) is 2. The van der Waals surface area contributed by atoms with E-state index in [-0.39, 0.29) is 6.61 Å². The minimum Gasteiger partial charge on any atom is -0.369 e. The summed E-state index contributed by atoms with van der Waals surface area (Å²) < 4.78 is 33.1. The molecule has 1 aliphatic carbocycles. The summed E-state index contributed by atoms with van der Waals surface area (Å²) in [4.78, 5) is 11.2. The number of ether oxygens (including phenoxy) is 1. The van der Waals surface area contributed by atoms with Crippen LogP contribution in [0, 0.1) is 5.92 Å². The highest BCUT2D eigenvalue weighted by Gasteiger charge is 2.46. The van der Waals surface area contributed by atoms with Crippen molar-refractivity contribution in [2.75, 3.05) is 0 Å². The predicted molar refractivity (Wildman–Crippen MR) is 66.1 cm³/mol. The van der Waals surface area contributed by atoms with Gasteiger partial charge in [-0.05, 0) is 17.7 Å². The third-order valence-corrected chi connectivity index (χ3v) is 2.84. The molecule has 0 aliphatic heterocycles. The van der Waals surface area contributed by atoms with Gasteiger partial charge in [0.1, 0.15) is 5.83 Å². The van der Waals surface area contributed by atoms with E-state index < -0.39 is 23.5 Å². The van der Waals surface area contributed by atoms with Gasteiger partial charge in [0, 0.05) is 0 Å². The molecule has 2 N–H and O–H groups in total. The summed E-state index contributed by atoms with van der Waals surface area (Å²) in [6.07, 6.45) is 3.16. The standard InChI is InChI=1S/C14H13F2NO2/c15-11-7-4-8-14(16,12(11)13(17)18)19-9-10-5-2-1-3-6-10/h1-8,12H,9H2,(H2,17,18). The van der Waals surface area contributed by atoms with Gasteiger partial charge in [0.15, 0.2) is 5.92 Å². The topological polar surface area (TPSA) is 52.3 Å². The first kappa shape index (κ1) is 13.4. The van der Waals surface area contributed by atoms with Crippen molar-refractivity contribution in [3.63, 3.8) is 0 Å². The molecule has 1 aromatic carbocycles. The molecular formula is C14H13F2NO2. The molecule has 19 heavy (non-hydrogen) atoms. The monoisotopic (exact) mass is 265 g/mol. The fourth-order valence-electron chi connectivity index (χ4n) is 1.88. The molecule has 1 aromatic rings. The van der Waals surface area contributed by atoms with Crippen LogP contribution in [0.25, 0.3) is 0 Å². The molecule has 0 radical (unpaired) electrons. The Labute approximate surface area is 109 Å². The van der Waals surface area contributed by atoms with Crippen molar-refractivity contribution in [3.8, 4) is 0 Å². The van der Waals surface area contributed by atoms with Crippen LogP contribution in [0.4, 0.5) is 8.78 Å². The first-order valence-electron chi connectivity index (χ1n) is 5.74. The molecule has 3 nitrogen and oxygen atoms in total. The molecule has 2 unspecified atom stereocenters. The van der Waals surface area contributed by atoms with Crippen LogP contribution in [0.2, 0.25) is 0 Å². The Morgan fingerprint density at radius 2 is 2.05 bits per heavy atom. The zero-order valence-corrected chi connectivity index (χ0v) is 10.1. The molecule has 1 aliphatic rings. The molecule has 0 aromatic heterocycles. The number of nitrogens with two attached hydrogens (primary N) is 1. The van der Waals surface area contributed by atoms with Gasteiger partial charge in [-0.15, -0.1) is 0 Å². The first-order valence-corrected chi connectivity index (χ1v) is 5.74. The SMILES string of the molecule is NC(=O)C1C(F)=CC=CC1(F)OCc1ccccc1. The molecule has 100 valence electrons. The third kappa shape index (κ3) is 2.88. The summed E-state index contributed by atoms with van der Waals surface area (Å²) in [5, 5.41) is 0. The largest absolute Gasteiger partial charge is 0.369 e. The summed E-state index contributed by atoms with van der Waals surface area (Å²) in [6.45, 7) is -0.0846. The van der Waals surface area contributed by atoms with E-state index in [0.717, 1.165) is 12.2 Å². The van der Waals surface area contributed by atoms with Crippen molar-refractivity contribution in [1.82, 2.24) is 0 Å². The fourth-order valence-corrected chi connectivity index (χ4v) is 1.88. The highest BCUT2D eigenvalue weighted by Crippen LogP contribution is 2.36. The van der Waals surface area contributed by atoms with Crippen molar-refractivity contribution < 1.29 is 18.3 Å². The lowest BCUT2D eigenvalue weighted by Crippen LogP contribution is -2.44. The van der Waals surface area contributed by atoms with Gasteiger partial charge >= 0.3 is 0 Å². The molecule has 0 spiro atoms. The molecule has 0 saturated heterocycles. The summed E-state index contributed by atoms with van der Waals surface area (Å²) in [6, 6.07) is 8.82. The van der Waals surface area contributed by atoms with Gasteiger partial charge in [-0.2, -0.15) is 0 Å². The van der Waals surface area contributed by atoms with Crippen LogP contribution in [0.3, 0.4) is 0 Å². The second kappa shape index (κ2) is 5.32. The molecule has 0 saturated carbocycles. The number of rotatable bonds is 4. The maximum atomic E-state index is 14.5. The number of halogens is 2. The first-order chi connectivity index (χ1) is 9.03. The van der Waals surface area contributed by atoms with Gasteiger partial charge in [0.05, 0.1) is 6.61 Å². The minimum absolute atomic E-state index is 0.0846. The van der Waals surface area contributed by atoms with Crippen LogP contribution >= 0.6 is 0 Å². The number of amides is 1. The second-order valence-electron chi connectivity index (χ2n) is 4.22. The number of allylic oxidation sites excluding steroid dienone is 2. The lowest BCUT2D eigenvalue weighted by atomic mass is 9.93. The van der Waals surface area contributed by atoms with Crippen molar-refractivity contribution in [2.24, 2.45) is 11.7 Å². The van der Waals surface area contributed by atoms with E-state index in [0.29, 0.717) is 5.56 Å². The van der Waals surface area contributed by atoms with Gasteiger partial charge < -0.3 is 10.5 Å². The number of primary amides is 1. The Bertz CT molecular complexity index is 528. The number of carbonyl (C=O) groups is 1. The molecule has 0 fully saturated rings. The Kier molecular flexibility index (Phi) is 3.76. The van der Waals surface area contributed by atoms with Crippen LogP contribution in [0.1, 0.15) is 5.56 Å². The summed E-state index contributed by atoms with van der Waals surface area (Å²) in [5.41, 5.74) is 5.74. The van der Waals surface area contributed by atoms with E-state index in [9.17, 15) is 13.6 Å². The molecule has 2 atom stereocenters. The van der Waals surface area contributed by atoms with Gasteiger partial charge in [-0.3, -0.25) is 4.79 Å². The third-order valence-electron chi connectivity index (χ3n) is 2.84. The van der Waals surface area contributed by atoms with Gasteiger partial charge in [0.25, 0.3) is 0 Å². The molecule has 1 amide bonds. The Balaban J connectivity index is 2.15. The van der Waals surface area contributed by atoms with Crippen molar-refractivity contribution in [1.29, 1.82) is 0 Å². The van der Waals surface area contributed by atoms with Crippen molar-refractivity contribution in [2.45, 2.75) is 12.5 Å². The highest BCUT2D eigenvalue weighted by molar-refractivity contribution is 5.81. The van der Waals surface area contributed by atoms with Gasteiger partial charge in [-0.1, -0.05) is 36.4 Å². The highest BCUT2D eigenvalue weighted by atomic mass is 19.2. The van der Waals surface area contributed by atoms with E-state index in [2.05, 4.69) is 0 Å². The Morgan fingerprint density at radius 3 is 2.68 bits per heavy atom. The number of benzene rings is 1. The fraction of sp³-hybridized carbons (Fsp3) is 0.214. The number of alkyl halides is 1. The average Bonchev–Trinajstić information content (AvgIpc) is 2.37. The van der Waals surface area contributed by atoms with Crippen LogP contribution < -0.4 is 5.73 Å². The molecule has 5 heteroatoms. The Morgan fingerprint density at radius 1 is 1.37 bits per heavy atom. The molecule has 0 heterocycles. The van der Waals surface area contributed by atoms with E-state index in [4.69, 9.17) is 10.5 Å².